The molecule has 2 aromatic heterocycles. The minimum absolute atomic E-state index is 0.0175. The maximum absolute atomic E-state index is 14.1. The van der Waals surface area contributed by atoms with Crippen LogP contribution >= 0.6 is 0 Å². The third-order valence-corrected chi connectivity index (χ3v) is 6.38. The van der Waals surface area contributed by atoms with Crippen LogP contribution in [0.25, 0.3) is 22.2 Å². The number of para-hydroxylation sites is 2. The number of carbonyl (C=O) groups is 2. The molecule has 8 nitrogen and oxygen atoms in total. The zero-order valence-electron chi connectivity index (χ0n) is 21.6. The van der Waals surface area contributed by atoms with E-state index in [0.29, 0.717) is 27.9 Å². The molecule has 2 amide bonds. The number of fused-ring (bicyclic) bond motifs is 1. The summed E-state index contributed by atoms with van der Waals surface area (Å²) in [6.45, 7) is -0.0175. The molecule has 0 aliphatic heterocycles. The molecule has 1 unspecified atom stereocenters. The molecule has 0 saturated heterocycles. The molecule has 5 rings (SSSR count). The molecule has 0 radical (unpaired) electrons. The van der Waals surface area contributed by atoms with E-state index >= 15 is 0 Å². The first-order valence-corrected chi connectivity index (χ1v) is 12.6. The van der Waals surface area contributed by atoms with Gasteiger partial charge in [-0.1, -0.05) is 30.3 Å². The first-order valence-electron chi connectivity index (χ1n) is 12.6. The number of hydrogen-bond acceptors (Lipinski definition) is 5. The fourth-order valence-electron chi connectivity index (χ4n) is 4.66. The van der Waals surface area contributed by atoms with Crippen molar-refractivity contribution in [2.24, 2.45) is 0 Å². The van der Waals surface area contributed by atoms with Crippen molar-refractivity contribution in [1.29, 1.82) is 0 Å². The Morgan fingerprint density at radius 3 is 2.52 bits per heavy atom. The van der Waals surface area contributed by atoms with E-state index < -0.39 is 17.7 Å². The highest BCUT2D eigenvalue weighted by Crippen LogP contribution is 2.30. The standard InChI is InChI=1S/C30H26F2N6O2/c1-33-37-30(40)21-7-4-6-20(15-21)24-8-5-11-34-29(24)26(14-19-12-22(31)16-23(32)13-19)36-28(39)17-38-18-35-25-9-2-3-10-27(25)38/h2-13,15-16,18,26,33H,14,17H2,1H3,(H,36,39)(H,37,40). The molecule has 3 aromatic carbocycles. The number of halogens is 2. The minimum atomic E-state index is -0.741. The molecule has 0 bridgehead atoms. The molecule has 5 aromatic rings. The van der Waals surface area contributed by atoms with Gasteiger partial charge in [-0.15, -0.1) is 0 Å². The Hall–Kier alpha value is -4.96. The van der Waals surface area contributed by atoms with Gasteiger partial charge in [0.25, 0.3) is 5.91 Å². The molecule has 3 N–H and O–H groups in total. The second-order valence-electron chi connectivity index (χ2n) is 9.18. The Balaban J connectivity index is 1.51. The van der Waals surface area contributed by atoms with Crippen LogP contribution in [0.1, 0.15) is 27.7 Å². The lowest BCUT2D eigenvalue weighted by Crippen LogP contribution is -2.34. The van der Waals surface area contributed by atoms with Gasteiger partial charge in [0, 0.05) is 30.4 Å². The first kappa shape index (κ1) is 26.6. The molecule has 2 heterocycles. The number of imidazole rings is 1. The van der Waals surface area contributed by atoms with E-state index in [2.05, 4.69) is 26.1 Å². The Labute approximate surface area is 229 Å². The van der Waals surface area contributed by atoms with Gasteiger partial charge in [0.15, 0.2) is 0 Å². The summed E-state index contributed by atoms with van der Waals surface area (Å²) in [6, 6.07) is 20.5. The summed E-state index contributed by atoms with van der Waals surface area (Å²) >= 11 is 0. The Morgan fingerprint density at radius 1 is 0.925 bits per heavy atom. The van der Waals surface area contributed by atoms with Crippen molar-refractivity contribution >= 4 is 22.8 Å². The van der Waals surface area contributed by atoms with Gasteiger partial charge < -0.3 is 9.88 Å². The third-order valence-electron chi connectivity index (χ3n) is 6.38. The van der Waals surface area contributed by atoms with E-state index in [1.165, 1.54) is 12.1 Å². The predicted octanol–water partition coefficient (Wildman–Crippen LogP) is 4.34. The highest BCUT2D eigenvalue weighted by atomic mass is 19.1. The molecule has 202 valence electrons. The average Bonchev–Trinajstić information content (AvgIpc) is 3.35. The van der Waals surface area contributed by atoms with Crippen molar-refractivity contribution in [3.63, 3.8) is 0 Å². The SMILES string of the molecule is CNNC(=O)c1cccc(-c2cccnc2C(Cc2cc(F)cc(F)c2)NC(=O)Cn2cnc3ccccc32)c1. The molecule has 0 aliphatic rings. The van der Waals surface area contributed by atoms with Crippen molar-refractivity contribution in [2.75, 3.05) is 7.05 Å². The van der Waals surface area contributed by atoms with E-state index in [-0.39, 0.29) is 24.8 Å². The molecular weight excluding hydrogens is 514 g/mol. The van der Waals surface area contributed by atoms with Crippen LogP contribution in [0.2, 0.25) is 0 Å². The van der Waals surface area contributed by atoms with Crippen LogP contribution in [-0.2, 0) is 17.8 Å². The largest absolute Gasteiger partial charge is 0.346 e. The van der Waals surface area contributed by atoms with Crippen molar-refractivity contribution in [2.45, 2.75) is 19.0 Å². The summed E-state index contributed by atoms with van der Waals surface area (Å²) < 4.78 is 29.9. The van der Waals surface area contributed by atoms with Crippen LogP contribution in [0.5, 0.6) is 0 Å². The minimum Gasteiger partial charge on any atom is -0.346 e. The number of hydrazine groups is 1. The molecule has 0 fully saturated rings. The number of nitrogens with zero attached hydrogens (tertiary/aromatic N) is 3. The number of aromatic nitrogens is 3. The number of pyridine rings is 1. The van der Waals surface area contributed by atoms with Crippen LogP contribution in [0.3, 0.4) is 0 Å². The van der Waals surface area contributed by atoms with Gasteiger partial charge in [-0.3, -0.25) is 20.0 Å². The van der Waals surface area contributed by atoms with Gasteiger partial charge in [-0.05, 0) is 60.0 Å². The average molecular weight is 541 g/mol. The highest BCUT2D eigenvalue weighted by Gasteiger charge is 2.22. The van der Waals surface area contributed by atoms with Gasteiger partial charge in [0.2, 0.25) is 5.91 Å². The summed E-state index contributed by atoms with van der Waals surface area (Å²) in [5, 5.41) is 3.01. The van der Waals surface area contributed by atoms with Gasteiger partial charge in [0.05, 0.1) is 29.1 Å². The molecule has 0 spiro atoms. The van der Waals surface area contributed by atoms with Crippen LogP contribution < -0.4 is 16.2 Å². The van der Waals surface area contributed by atoms with E-state index in [0.717, 1.165) is 17.1 Å². The number of carbonyl (C=O) groups excluding carboxylic acids is 2. The number of nitrogens with one attached hydrogen (secondary N) is 3. The Bertz CT molecular complexity index is 1670. The highest BCUT2D eigenvalue weighted by molar-refractivity contribution is 5.95. The monoisotopic (exact) mass is 540 g/mol. The molecule has 1 atom stereocenters. The third kappa shape index (κ3) is 6.02. The number of amides is 2. The molecule has 40 heavy (non-hydrogen) atoms. The van der Waals surface area contributed by atoms with E-state index in [1.807, 2.05) is 36.4 Å². The molecular formula is C30H26F2N6O2. The smallest absolute Gasteiger partial charge is 0.265 e. The van der Waals surface area contributed by atoms with Crippen LogP contribution in [-0.4, -0.2) is 33.4 Å². The number of benzene rings is 3. The van der Waals surface area contributed by atoms with Crippen molar-refractivity contribution < 1.29 is 18.4 Å². The van der Waals surface area contributed by atoms with Crippen LogP contribution in [0.15, 0.2) is 91.4 Å². The summed E-state index contributed by atoms with van der Waals surface area (Å²) in [7, 11) is 1.59. The zero-order valence-corrected chi connectivity index (χ0v) is 21.6. The van der Waals surface area contributed by atoms with Crippen molar-refractivity contribution in [3.05, 3.63) is 120 Å². The maximum Gasteiger partial charge on any atom is 0.265 e. The van der Waals surface area contributed by atoms with E-state index in [4.69, 9.17) is 0 Å². The molecule has 10 heteroatoms. The number of rotatable bonds is 9. The fourth-order valence-corrected chi connectivity index (χ4v) is 4.66. The quantitative estimate of drug-likeness (QED) is 0.242. The van der Waals surface area contributed by atoms with Gasteiger partial charge in [-0.2, -0.15) is 0 Å². The summed E-state index contributed by atoms with van der Waals surface area (Å²) in [6.07, 6.45) is 3.26. The van der Waals surface area contributed by atoms with Crippen LogP contribution in [0, 0.1) is 11.6 Å². The van der Waals surface area contributed by atoms with Gasteiger partial charge in [-0.25, -0.2) is 19.2 Å². The summed E-state index contributed by atoms with van der Waals surface area (Å²) in [5.74, 6) is -2.07. The molecule has 0 saturated carbocycles. The van der Waals surface area contributed by atoms with Gasteiger partial charge >= 0.3 is 0 Å². The second kappa shape index (κ2) is 11.8. The lowest BCUT2D eigenvalue weighted by atomic mass is 9.94. The Morgan fingerprint density at radius 2 is 1.73 bits per heavy atom. The summed E-state index contributed by atoms with van der Waals surface area (Å²) in [5.41, 5.74) is 9.34. The van der Waals surface area contributed by atoms with Crippen molar-refractivity contribution in [1.82, 2.24) is 30.7 Å². The van der Waals surface area contributed by atoms with Crippen LogP contribution in [0.4, 0.5) is 8.78 Å². The van der Waals surface area contributed by atoms with Crippen molar-refractivity contribution in [3.8, 4) is 11.1 Å². The van der Waals surface area contributed by atoms with Gasteiger partial charge in [0.1, 0.15) is 18.2 Å². The lowest BCUT2D eigenvalue weighted by molar-refractivity contribution is -0.122. The lowest BCUT2D eigenvalue weighted by Gasteiger charge is -2.22. The topological polar surface area (TPSA) is 101 Å². The molecule has 0 aliphatic carbocycles. The first-order chi connectivity index (χ1) is 19.4. The van der Waals surface area contributed by atoms with E-state index in [9.17, 15) is 18.4 Å². The Kier molecular flexibility index (Phi) is 7.88. The van der Waals surface area contributed by atoms with E-state index in [1.54, 1.807) is 48.4 Å². The number of hydrogen-bond donors (Lipinski definition) is 3. The maximum atomic E-state index is 14.1. The normalized spacial score (nSPS) is 11.8. The summed E-state index contributed by atoms with van der Waals surface area (Å²) in [4.78, 5) is 34.7. The zero-order chi connectivity index (χ0) is 28.1. The fraction of sp³-hybridized carbons (Fsp3) is 0.133. The predicted molar refractivity (Wildman–Crippen MR) is 147 cm³/mol. The second-order valence-corrected chi connectivity index (χ2v) is 9.18.